The topological polar surface area (TPSA) is 86.5 Å². The van der Waals surface area contributed by atoms with Crippen molar-refractivity contribution in [3.63, 3.8) is 0 Å². The van der Waals surface area contributed by atoms with Crippen LogP contribution in [-0.2, 0) is 9.53 Å². The molecule has 1 aliphatic carbocycles. The fourth-order valence-corrected chi connectivity index (χ4v) is 1.74. The van der Waals surface area contributed by atoms with E-state index in [4.69, 9.17) is 4.74 Å². The summed E-state index contributed by atoms with van der Waals surface area (Å²) < 4.78 is 5.08. The Morgan fingerprint density at radius 1 is 1.21 bits per heavy atom. The normalized spacial score (nSPS) is 14.7. The minimum atomic E-state index is -0.615. The number of carbonyl (C=O) groups is 2. The van der Waals surface area contributed by atoms with Crippen LogP contribution in [0.3, 0.4) is 0 Å². The summed E-state index contributed by atoms with van der Waals surface area (Å²) >= 11 is 0. The number of esters is 1. The molecule has 0 amide bonds. The highest BCUT2D eigenvalue weighted by atomic mass is 16.6. The van der Waals surface area contributed by atoms with Crippen LogP contribution in [0.25, 0.3) is 0 Å². The third-order valence-corrected chi connectivity index (χ3v) is 2.71. The summed E-state index contributed by atoms with van der Waals surface area (Å²) in [6.45, 7) is 0. The number of allylic oxidation sites excluding steroid dienone is 2. The van der Waals surface area contributed by atoms with Crippen LogP contribution < -0.4 is 0 Å². The lowest BCUT2D eigenvalue weighted by molar-refractivity contribution is -0.384. The second-order valence-corrected chi connectivity index (χ2v) is 4.12. The van der Waals surface area contributed by atoms with Crippen LogP contribution in [0.4, 0.5) is 5.69 Å². The quantitative estimate of drug-likeness (QED) is 0.473. The van der Waals surface area contributed by atoms with E-state index in [0.717, 1.165) is 0 Å². The number of non-ortho nitro benzene ring substituents is 1. The van der Waals surface area contributed by atoms with Gasteiger partial charge >= 0.3 is 5.97 Å². The van der Waals surface area contributed by atoms with Crippen molar-refractivity contribution in [3.8, 4) is 0 Å². The third kappa shape index (κ3) is 3.25. The van der Waals surface area contributed by atoms with E-state index in [2.05, 4.69) is 0 Å². The number of ketones is 1. The highest BCUT2D eigenvalue weighted by Crippen LogP contribution is 2.19. The van der Waals surface area contributed by atoms with Crippen LogP contribution in [0.5, 0.6) is 0 Å². The Kier molecular flexibility index (Phi) is 3.70. The number of rotatable bonds is 3. The average Bonchev–Trinajstić information content (AvgIpc) is 2.39. The van der Waals surface area contributed by atoms with Crippen molar-refractivity contribution in [2.75, 3.05) is 0 Å². The van der Waals surface area contributed by atoms with Crippen molar-refractivity contribution < 1.29 is 19.2 Å². The van der Waals surface area contributed by atoms with Gasteiger partial charge in [-0.3, -0.25) is 14.9 Å². The molecular weight excluding hydrogens is 250 g/mol. The minimum absolute atomic E-state index is 0.0576. The Bertz CT molecular complexity index is 559. The Morgan fingerprint density at radius 3 is 2.47 bits per heavy atom. The van der Waals surface area contributed by atoms with Gasteiger partial charge in [0.15, 0.2) is 5.78 Å². The van der Waals surface area contributed by atoms with E-state index in [1.165, 1.54) is 30.3 Å². The summed E-state index contributed by atoms with van der Waals surface area (Å²) in [5.74, 6) is -0.326. The Balaban J connectivity index is 2.07. The number of ether oxygens (including phenoxy) is 1. The number of hydrogen-bond acceptors (Lipinski definition) is 5. The molecule has 6 nitrogen and oxygen atoms in total. The predicted molar refractivity (Wildman–Crippen MR) is 65.5 cm³/mol. The molecule has 0 saturated carbocycles. The summed E-state index contributed by atoms with van der Waals surface area (Å²) in [5, 5.41) is 10.5. The molecule has 0 spiro atoms. The van der Waals surface area contributed by atoms with Gasteiger partial charge in [-0.2, -0.15) is 0 Å². The SMILES string of the molecule is O=C1C=C(OC(=O)c2ccc([N+](=O)[O-])cc2)CCC1. The fourth-order valence-electron chi connectivity index (χ4n) is 1.74. The molecule has 2 rings (SSSR count). The molecule has 0 bridgehead atoms. The average molecular weight is 261 g/mol. The second kappa shape index (κ2) is 5.43. The number of nitrogens with zero attached hydrogens (tertiary/aromatic N) is 1. The molecule has 0 saturated heterocycles. The van der Waals surface area contributed by atoms with E-state index < -0.39 is 10.9 Å². The molecule has 98 valence electrons. The molecule has 0 fully saturated rings. The molecule has 0 unspecified atom stereocenters. The molecule has 0 atom stereocenters. The summed E-state index contributed by atoms with van der Waals surface area (Å²) in [5.41, 5.74) is 0.119. The van der Waals surface area contributed by atoms with Crippen LogP contribution in [0.1, 0.15) is 29.6 Å². The molecule has 0 N–H and O–H groups in total. The van der Waals surface area contributed by atoms with Crippen molar-refractivity contribution in [1.29, 1.82) is 0 Å². The highest BCUT2D eigenvalue weighted by molar-refractivity contribution is 5.93. The fraction of sp³-hybridized carbons (Fsp3) is 0.231. The van der Waals surface area contributed by atoms with Gasteiger partial charge in [0.2, 0.25) is 0 Å². The summed E-state index contributed by atoms with van der Waals surface area (Å²) in [6, 6.07) is 5.12. The van der Waals surface area contributed by atoms with E-state index in [1.54, 1.807) is 0 Å². The highest BCUT2D eigenvalue weighted by Gasteiger charge is 2.16. The maximum absolute atomic E-state index is 11.8. The number of carbonyl (C=O) groups excluding carboxylic acids is 2. The lowest BCUT2D eigenvalue weighted by Crippen LogP contribution is -2.10. The lowest BCUT2D eigenvalue weighted by atomic mass is 10.1. The van der Waals surface area contributed by atoms with E-state index in [9.17, 15) is 19.7 Å². The summed E-state index contributed by atoms with van der Waals surface area (Å²) in [4.78, 5) is 32.9. The first-order chi connectivity index (χ1) is 9.06. The number of hydrogen-bond donors (Lipinski definition) is 0. The van der Waals surface area contributed by atoms with Crippen LogP contribution in [0.15, 0.2) is 36.1 Å². The molecule has 1 aromatic rings. The van der Waals surface area contributed by atoms with E-state index in [0.29, 0.717) is 25.0 Å². The van der Waals surface area contributed by atoms with Gasteiger partial charge in [-0.25, -0.2) is 4.79 Å². The minimum Gasteiger partial charge on any atom is -0.427 e. The maximum Gasteiger partial charge on any atom is 0.343 e. The first-order valence-corrected chi connectivity index (χ1v) is 5.76. The van der Waals surface area contributed by atoms with Gasteiger partial charge in [0.05, 0.1) is 10.5 Å². The van der Waals surface area contributed by atoms with Gasteiger partial charge in [-0.1, -0.05) is 0 Å². The van der Waals surface area contributed by atoms with Crippen LogP contribution in [-0.4, -0.2) is 16.7 Å². The maximum atomic E-state index is 11.8. The molecule has 0 radical (unpaired) electrons. The van der Waals surface area contributed by atoms with Gasteiger partial charge in [-0.05, 0) is 18.6 Å². The molecule has 1 aromatic carbocycles. The Labute approximate surface area is 108 Å². The van der Waals surface area contributed by atoms with Gasteiger partial charge in [0, 0.05) is 31.1 Å². The standard InChI is InChI=1S/C13H11NO5/c15-11-2-1-3-12(8-11)19-13(16)9-4-6-10(7-5-9)14(17)18/h4-8H,1-3H2. The Morgan fingerprint density at radius 2 is 1.89 bits per heavy atom. The molecule has 6 heteroatoms. The van der Waals surface area contributed by atoms with Crippen molar-refractivity contribution in [1.82, 2.24) is 0 Å². The van der Waals surface area contributed by atoms with Gasteiger partial charge in [0.1, 0.15) is 5.76 Å². The van der Waals surface area contributed by atoms with Gasteiger partial charge in [0.25, 0.3) is 5.69 Å². The molecule has 0 aliphatic heterocycles. The smallest absolute Gasteiger partial charge is 0.343 e. The largest absolute Gasteiger partial charge is 0.427 e. The number of nitro benzene ring substituents is 1. The van der Waals surface area contributed by atoms with Crippen LogP contribution in [0.2, 0.25) is 0 Å². The van der Waals surface area contributed by atoms with Crippen molar-refractivity contribution in [3.05, 3.63) is 51.8 Å². The van der Waals surface area contributed by atoms with Gasteiger partial charge < -0.3 is 4.74 Å². The number of nitro groups is 1. The molecule has 1 aliphatic rings. The van der Waals surface area contributed by atoms with Crippen molar-refractivity contribution in [2.24, 2.45) is 0 Å². The summed E-state index contributed by atoms with van der Waals surface area (Å²) in [7, 11) is 0. The number of benzene rings is 1. The molecular formula is C13H11NO5. The van der Waals surface area contributed by atoms with Crippen LogP contribution in [0, 0.1) is 10.1 Å². The zero-order valence-electron chi connectivity index (χ0n) is 10.00. The molecule has 0 aromatic heterocycles. The van der Waals surface area contributed by atoms with Crippen LogP contribution >= 0.6 is 0 Å². The zero-order valence-corrected chi connectivity index (χ0v) is 10.00. The first-order valence-electron chi connectivity index (χ1n) is 5.76. The second-order valence-electron chi connectivity index (χ2n) is 4.12. The van der Waals surface area contributed by atoms with E-state index >= 15 is 0 Å². The van der Waals surface area contributed by atoms with E-state index in [-0.39, 0.29) is 17.0 Å². The molecule has 19 heavy (non-hydrogen) atoms. The summed E-state index contributed by atoms with van der Waals surface area (Å²) in [6.07, 6.45) is 3.01. The lowest BCUT2D eigenvalue weighted by Gasteiger charge is -2.11. The van der Waals surface area contributed by atoms with Crippen molar-refractivity contribution >= 4 is 17.4 Å². The monoisotopic (exact) mass is 261 g/mol. The predicted octanol–water partition coefficient (Wildman–Crippen LogP) is 2.39. The Hall–Kier alpha value is -2.50. The van der Waals surface area contributed by atoms with Crippen molar-refractivity contribution in [2.45, 2.75) is 19.3 Å². The van der Waals surface area contributed by atoms with E-state index in [1.807, 2.05) is 0 Å². The molecule has 0 heterocycles. The first kappa shape index (κ1) is 12.9. The third-order valence-electron chi connectivity index (χ3n) is 2.71. The van der Waals surface area contributed by atoms with Gasteiger partial charge in [-0.15, -0.1) is 0 Å². The zero-order chi connectivity index (χ0) is 13.8.